The van der Waals surface area contributed by atoms with Crippen molar-refractivity contribution in [2.75, 3.05) is 5.75 Å². The highest BCUT2D eigenvalue weighted by Crippen LogP contribution is 2.53. The number of fused-ring (bicyclic) bond motifs is 2. The van der Waals surface area contributed by atoms with Gasteiger partial charge in [0.2, 0.25) is 11.8 Å². The highest BCUT2D eigenvalue weighted by Gasteiger charge is 2.52. The number of rotatable bonds is 6. The Labute approximate surface area is 128 Å². The highest BCUT2D eigenvalue weighted by atomic mass is 32.2. The summed E-state index contributed by atoms with van der Waals surface area (Å²) in [5, 5.41) is 0. The van der Waals surface area contributed by atoms with Crippen molar-refractivity contribution >= 4 is 21.9 Å². The van der Waals surface area contributed by atoms with Gasteiger partial charge in [-0.3, -0.25) is 9.59 Å². The second-order valence-electron chi connectivity index (χ2n) is 5.57. The number of allylic oxidation sites excluding steroid dienone is 1. The normalized spacial score (nSPS) is 26.1. The summed E-state index contributed by atoms with van der Waals surface area (Å²) < 4.78 is 34.0. The minimum Gasteiger partial charge on any atom is -0.369 e. The first-order valence-corrected chi connectivity index (χ1v) is 8.61. The molecule has 1 fully saturated rings. The molecule has 7 nitrogen and oxygen atoms in total. The van der Waals surface area contributed by atoms with E-state index in [2.05, 4.69) is 4.39 Å². The van der Waals surface area contributed by atoms with Crippen LogP contribution in [0.3, 0.4) is 0 Å². The summed E-state index contributed by atoms with van der Waals surface area (Å²) in [6.07, 6.45) is 5.27. The molecule has 9 heteroatoms. The molecule has 0 spiro atoms. The molecule has 2 aliphatic carbocycles. The van der Waals surface area contributed by atoms with Gasteiger partial charge in [-0.05, 0) is 36.1 Å². The molecule has 0 radical (unpaired) electrons. The Hall–Kier alpha value is -1.48. The zero-order chi connectivity index (χ0) is 17.0. The molecular weight excluding hydrogens is 315 g/mol. The number of hydrogen-bond acceptors (Lipinski definition) is 5. The van der Waals surface area contributed by atoms with Gasteiger partial charge in [0.1, 0.15) is 0 Å². The molecule has 2 rings (SSSR count). The van der Waals surface area contributed by atoms with Gasteiger partial charge in [-0.2, -0.15) is 8.42 Å². The fraction of sp³-hybridized carbons (Fsp3) is 0.692. The SMILES string of the molecule is CCCCS(=O)(=O)OF.NC(=O)C1=CC2CCC1(C(N)=O)C2. The van der Waals surface area contributed by atoms with Crippen LogP contribution in [0.2, 0.25) is 0 Å². The van der Waals surface area contributed by atoms with Crippen molar-refractivity contribution in [3.8, 4) is 0 Å². The van der Waals surface area contributed by atoms with Crippen molar-refractivity contribution < 1.29 is 26.9 Å². The third-order valence-electron chi connectivity index (χ3n) is 4.05. The minimum atomic E-state index is -3.85. The predicted molar refractivity (Wildman–Crippen MR) is 77.1 cm³/mol. The third-order valence-corrected chi connectivity index (χ3v) is 5.03. The molecule has 126 valence electrons. The first-order valence-electron chi connectivity index (χ1n) is 7.03. The van der Waals surface area contributed by atoms with Crippen LogP contribution in [0.5, 0.6) is 0 Å². The summed E-state index contributed by atoms with van der Waals surface area (Å²) in [6.45, 7) is 1.81. The Morgan fingerprint density at radius 1 is 1.45 bits per heavy atom. The molecule has 0 aromatic rings. The first kappa shape index (κ1) is 18.6. The van der Waals surface area contributed by atoms with Gasteiger partial charge in [0.25, 0.3) is 10.1 Å². The summed E-state index contributed by atoms with van der Waals surface area (Å²) in [5.41, 5.74) is 10.2. The van der Waals surface area contributed by atoms with Crippen LogP contribution in [0, 0.1) is 11.3 Å². The zero-order valence-electron chi connectivity index (χ0n) is 12.4. The van der Waals surface area contributed by atoms with Crippen LogP contribution in [-0.4, -0.2) is 26.0 Å². The van der Waals surface area contributed by atoms with E-state index in [1.165, 1.54) is 0 Å². The minimum absolute atomic E-state index is 0.236. The summed E-state index contributed by atoms with van der Waals surface area (Å²) in [6, 6.07) is 0. The number of carbonyl (C=O) groups is 2. The third kappa shape index (κ3) is 4.04. The Bertz CT molecular complexity index is 575. The summed E-state index contributed by atoms with van der Waals surface area (Å²) in [5.74, 6) is -0.812. The topological polar surface area (TPSA) is 130 Å². The second-order valence-corrected chi connectivity index (χ2v) is 7.22. The van der Waals surface area contributed by atoms with Gasteiger partial charge in [-0.25, -0.2) is 0 Å². The van der Waals surface area contributed by atoms with E-state index < -0.39 is 27.3 Å². The van der Waals surface area contributed by atoms with Crippen molar-refractivity contribution in [1.82, 2.24) is 0 Å². The van der Waals surface area contributed by atoms with Gasteiger partial charge in [-0.15, -0.1) is 0 Å². The van der Waals surface area contributed by atoms with E-state index in [0.717, 1.165) is 6.42 Å². The molecule has 0 aromatic carbocycles. The molecule has 2 unspecified atom stereocenters. The molecule has 1 saturated carbocycles. The number of halogens is 1. The fourth-order valence-corrected chi connectivity index (χ4v) is 3.60. The maximum atomic E-state index is 11.3. The van der Waals surface area contributed by atoms with Gasteiger partial charge in [-0.1, -0.05) is 23.8 Å². The Kier molecular flexibility index (Phi) is 6.07. The van der Waals surface area contributed by atoms with Gasteiger partial charge < -0.3 is 11.5 Å². The van der Waals surface area contributed by atoms with Crippen molar-refractivity contribution in [1.29, 1.82) is 0 Å². The van der Waals surface area contributed by atoms with Crippen molar-refractivity contribution in [3.63, 3.8) is 0 Å². The zero-order valence-corrected chi connectivity index (χ0v) is 13.2. The molecule has 4 N–H and O–H groups in total. The molecule has 0 heterocycles. The lowest BCUT2D eigenvalue weighted by atomic mass is 9.79. The smallest absolute Gasteiger partial charge is 0.297 e. The van der Waals surface area contributed by atoms with E-state index >= 15 is 0 Å². The van der Waals surface area contributed by atoms with E-state index in [-0.39, 0.29) is 5.75 Å². The second kappa shape index (κ2) is 7.19. The molecule has 2 amide bonds. The Balaban J connectivity index is 0.000000239. The van der Waals surface area contributed by atoms with Crippen LogP contribution >= 0.6 is 0 Å². The van der Waals surface area contributed by atoms with Crippen LogP contribution in [0.25, 0.3) is 0 Å². The van der Waals surface area contributed by atoms with Crippen molar-refractivity contribution in [2.24, 2.45) is 22.8 Å². The lowest BCUT2D eigenvalue weighted by Gasteiger charge is -2.24. The number of nitrogens with two attached hydrogens (primary N) is 2. The molecule has 0 saturated heterocycles. The molecule has 2 aliphatic rings. The summed E-state index contributed by atoms with van der Waals surface area (Å²) >= 11 is 0. The summed E-state index contributed by atoms with van der Waals surface area (Å²) in [7, 11) is -3.85. The van der Waals surface area contributed by atoms with E-state index in [4.69, 9.17) is 11.5 Å². The monoisotopic (exact) mass is 336 g/mol. The maximum absolute atomic E-state index is 11.3. The fourth-order valence-electron chi connectivity index (χ4n) is 2.89. The standard InChI is InChI=1S/C9H12N2O2.C4H9FO3S/c10-7(12)6-3-5-1-2-9(6,4-5)8(11)13;1-2-3-4-9(6,7)8-5/h3,5H,1-2,4H2,(H2,10,12)(H2,11,13);2-4H2,1H3. The number of carbonyl (C=O) groups excluding carboxylic acids is 2. The maximum Gasteiger partial charge on any atom is 0.297 e. The van der Waals surface area contributed by atoms with Crippen molar-refractivity contribution in [3.05, 3.63) is 11.6 Å². The Morgan fingerprint density at radius 3 is 2.45 bits per heavy atom. The van der Waals surface area contributed by atoms with Crippen molar-refractivity contribution in [2.45, 2.75) is 39.0 Å². The van der Waals surface area contributed by atoms with Crippen LogP contribution in [0.4, 0.5) is 4.53 Å². The van der Waals surface area contributed by atoms with Gasteiger partial charge in [0.05, 0.1) is 11.2 Å². The van der Waals surface area contributed by atoms with Crippen LogP contribution in [0.15, 0.2) is 11.6 Å². The number of primary amides is 2. The van der Waals surface area contributed by atoms with Gasteiger partial charge >= 0.3 is 0 Å². The lowest BCUT2D eigenvalue weighted by molar-refractivity contribution is -0.128. The molecule has 0 aliphatic heterocycles. The van der Waals surface area contributed by atoms with E-state index in [9.17, 15) is 22.5 Å². The molecular formula is C13H21FN2O5S. The molecule has 0 aromatic heterocycles. The predicted octanol–water partition coefficient (Wildman–Crippen LogP) is 0.701. The Morgan fingerprint density at radius 2 is 2.09 bits per heavy atom. The average Bonchev–Trinajstić information content (AvgIpc) is 3.05. The number of amides is 2. The molecule has 2 bridgehead atoms. The summed E-state index contributed by atoms with van der Waals surface area (Å²) in [4.78, 5) is 22.3. The van der Waals surface area contributed by atoms with Gasteiger partial charge in [0.15, 0.2) is 0 Å². The van der Waals surface area contributed by atoms with Crippen LogP contribution in [0.1, 0.15) is 39.0 Å². The number of unbranched alkanes of at least 4 members (excludes halogenated alkanes) is 1. The van der Waals surface area contributed by atoms with E-state index in [0.29, 0.717) is 37.2 Å². The molecule has 22 heavy (non-hydrogen) atoms. The first-order chi connectivity index (χ1) is 10.2. The van der Waals surface area contributed by atoms with E-state index in [1.54, 1.807) is 0 Å². The highest BCUT2D eigenvalue weighted by molar-refractivity contribution is 7.86. The lowest BCUT2D eigenvalue weighted by Crippen LogP contribution is -2.39. The largest absolute Gasteiger partial charge is 0.369 e. The van der Waals surface area contributed by atoms with Crippen LogP contribution in [-0.2, 0) is 24.1 Å². The van der Waals surface area contributed by atoms with Crippen LogP contribution < -0.4 is 11.5 Å². The number of hydrogen-bond donors (Lipinski definition) is 2. The quantitative estimate of drug-likeness (QED) is 0.737. The molecule has 2 atom stereocenters. The average molecular weight is 336 g/mol. The van der Waals surface area contributed by atoms with E-state index in [1.807, 2.05) is 13.0 Å². The van der Waals surface area contributed by atoms with Gasteiger partial charge in [0, 0.05) is 5.57 Å².